The van der Waals surface area contributed by atoms with Gasteiger partial charge in [0, 0.05) is 19.2 Å². The van der Waals surface area contributed by atoms with Gasteiger partial charge >= 0.3 is 6.18 Å². The second-order valence-electron chi connectivity index (χ2n) is 5.09. The maximum atomic E-state index is 12.8. The third-order valence-electron chi connectivity index (χ3n) is 2.78. The number of aliphatic hydroxyl groups is 1. The second kappa shape index (κ2) is 6.93. The van der Waals surface area contributed by atoms with Crippen molar-refractivity contribution in [3.05, 3.63) is 11.9 Å². The Labute approximate surface area is 122 Å². The van der Waals surface area contributed by atoms with Crippen molar-refractivity contribution in [1.82, 2.24) is 9.97 Å². The van der Waals surface area contributed by atoms with Gasteiger partial charge in [0.2, 0.25) is 5.82 Å². The molecule has 0 saturated carbocycles. The van der Waals surface area contributed by atoms with E-state index in [1.54, 1.807) is 13.8 Å². The van der Waals surface area contributed by atoms with Crippen LogP contribution in [0.15, 0.2) is 6.07 Å². The molecule has 1 unspecified atom stereocenters. The van der Waals surface area contributed by atoms with Gasteiger partial charge in [-0.15, -0.1) is 0 Å². The number of alkyl halides is 3. The van der Waals surface area contributed by atoms with Gasteiger partial charge in [-0.3, -0.25) is 0 Å². The van der Waals surface area contributed by atoms with Gasteiger partial charge < -0.3 is 15.7 Å². The summed E-state index contributed by atoms with van der Waals surface area (Å²) in [6.07, 6.45) is -3.31. The molecule has 0 saturated heterocycles. The van der Waals surface area contributed by atoms with E-state index in [4.69, 9.17) is 0 Å². The molecule has 3 N–H and O–H groups in total. The van der Waals surface area contributed by atoms with Crippen molar-refractivity contribution in [2.24, 2.45) is 0 Å². The quantitative estimate of drug-likeness (QED) is 0.722. The predicted molar refractivity (Wildman–Crippen MR) is 75.2 cm³/mol. The number of halogens is 3. The summed E-state index contributed by atoms with van der Waals surface area (Å²) >= 11 is 0. The van der Waals surface area contributed by atoms with E-state index in [2.05, 4.69) is 20.6 Å². The highest BCUT2D eigenvalue weighted by Crippen LogP contribution is 2.28. The van der Waals surface area contributed by atoms with Gasteiger partial charge in [-0.25, -0.2) is 9.97 Å². The molecule has 1 aromatic heterocycles. The number of aromatic nitrogens is 2. The Morgan fingerprint density at radius 1 is 1.14 bits per heavy atom. The number of anilines is 2. The highest BCUT2D eigenvalue weighted by molar-refractivity contribution is 5.48. The first-order valence-electron chi connectivity index (χ1n) is 6.84. The lowest BCUT2D eigenvalue weighted by Gasteiger charge is -2.23. The first-order valence-corrected chi connectivity index (χ1v) is 6.84. The van der Waals surface area contributed by atoms with Crippen LogP contribution in [0.1, 0.15) is 39.4 Å². The minimum Gasteiger partial charge on any atom is -0.388 e. The number of nitrogens with zero attached hydrogens (tertiary/aromatic N) is 2. The molecule has 0 aromatic carbocycles. The fourth-order valence-electron chi connectivity index (χ4n) is 1.84. The van der Waals surface area contributed by atoms with Crippen LogP contribution in [-0.2, 0) is 6.18 Å². The molecule has 1 heterocycles. The van der Waals surface area contributed by atoms with Crippen LogP contribution in [-0.4, -0.2) is 33.8 Å². The van der Waals surface area contributed by atoms with E-state index in [0.29, 0.717) is 13.0 Å². The maximum Gasteiger partial charge on any atom is 0.451 e. The van der Waals surface area contributed by atoms with Gasteiger partial charge in [0.25, 0.3) is 0 Å². The molecule has 1 atom stereocenters. The van der Waals surface area contributed by atoms with Gasteiger partial charge in [-0.05, 0) is 20.3 Å². The molecule has 0 fully saturated rings. The molecule has 8 heteroatoms. The Kier molecular flexibility index (Phi) is 5.77. The van der Waals surface area contributed by atoms with Crippen molar-refractivity contribution >= 4 is 11.6 Å². The van der Waals surface area contributed by atoms with Crippen molar-refractivity contribution in [2.75, 3.05) is 23.7 Å². The van der Waals surface area contributed by atoms with Crippen molar-refractivity contribution in [3.8, 4) is 0 Å². The Balaban J connectivity index is 2.93. The summed E-state index contributed by atoms with van der Waals surface area (Å²) in [4.78, 5) is 6.88. The van der Waals surface area contributed by atoms with E-state index in [1.807, 2.05) is 6.92 Å². The molecule has 0 bridgehead atoms. The SMILES string of the molecule is CCCC(C)(O)CNc1cc(NCC)nc(C(F)(F)F)n1. The highest BCUT2D eigenvalue weighted by atomic mass is 19.4. The van der Waals surface area contributed by atoms with E-state index >= 15 is 0 Å². The summed E-state index contributed by atoms with van der Waals surface area (Å²) in [7, 11) is 0. The molecule has 0 spiro atoms. The molecule has 120 valence electrons. The largest absolute Gasteiger partial charge is 0.451 e. The zero-order chi connectivity index (χ0) is 16.1. The molecule has 0 aliphatic carbocycles. The van der Waals surface area contributed by atoms with E-state index in [1.165, 1.54) is 6.07 Å². The number of hydrogen-bond donors (Lipinski definition) is 3. The zero-order valence-electron chi connectivity index (χ0n) is 12.4. The van der Waals surface area contributed by atoms with E-state index in [-0.39, 0.29) is 18.2 Å². The third-order valence-corrected chi connectivity index (χ3v) is 2.78. The number of nitrogens with one attached hydrogen (secondary N) is 2. The second-order valence-corrected chi connectivity index (χ2v) is 5.09. The summed E-state index contributed by atoms with van der Waals surface area (Å²) in [6.45, 7) is 5.86. The fraction of sp³-hybridized carbons (Fsp3) is 0.692. The number of rotatable bonds is 7. The van der Waals surface area contributed by atoms with Crippen LogP contribution in [0, 0.1) is 0 Å². The van der Waals surface area contributed by atoms with Crippen LogP contribution in [0.5, 0.6) is 0 Å². The lowest BCUT2D eigenvalue weighted by molar-refractivity contribution is -0.144. The van der Waals surface area contributed by atoms with Gasteiger partial charge in [-0.1, -0.05) is 13.3 Å². The summed E-state index contributed by atoms with van der Waals surface area (Å²) in [5.74, 6) is -1.08. The fourth-order valence-corrected chi connectivity index (χ4v) is 1.84. The normalized spacial score (nSPS) is 14.6. The van der Waals surface area contributed by atoms with Gasteiger partial charge in [0.1, 0.15) is 11.6 Å². The van der Waals surface area contributed by atoms with Crippen LogP contribution >= 0.6 is 0 Å². The highest BCUT2D eigenvalue weighted by Gasteiger charge is 2.35. The van der Waals surface area contributed by atoms with Gasteiger partial charge in [0.05, 0.1) is 5.60 Å². The lowest BCUT2D eigenvalue weighted by Crippen LogP contribution is -2.33. The molecule has 0 amide bonds. The summed E-state index contributed by atoms with van der Waals surface area (Å²) in [6, 6.07) is 1.39. The van der Waals surface area contributed by atoms with Crippen LogP contribution in [0.4, 0.5) is 24.8 Å². The molecular weight excluding hydrogens is 285 g/mol. The van der Waals surface area contributed by atoms with E-state index in [0.717, 1.165) is 6.42 Å². The van der Waals surface area contributed by atoms with Gasteiger partial charge in [0.15, 0.2) is 0 Å². The maximum absolute atomic E-state index is 12.8. The van der Waals surface area contributed by atoms with E-state index < -0.39 is 17.6 Å². The topological polar surface area (TPSA) is 70.1 Å². The molecule has 0 aliphatic heterocycles. The van der Waals surface area contributed by atoms with Crippen molar-refractivity contribution in [3.63, 3.8) is 0 Å². The Hall–Kier alpha value is -1.57. The van der Waals surface area contributed by atoms with Crippen LogP contribution in [0.3, 0.4) is 0 Å². The molecule has 1 rings (SSSR count). The molecule has 1 aromatic rings. The summed E-state index contributed by atoms with van der Waals surface area (Å²) < 4.78 is 38.3. The summed E-state index contributed by atoms with van der Waals surface area (Å²) in [5, 5.41) is 15.5. The van der Waals surface area contributed by atoms with Crippen LogP contribution in [0.2, 0.25) is 0 Å². The van der Waals surface area contributed by atoms with Crippen LogP contribution in [0.25, 0.3) is 0 Å². The van der Waals surface area contributed by atoms with E-state index in [9.17, 15) is 18.3 Å². The average Bonchev–Trinajstić information content (AvgIpc) is 2.36. The molecular formula is C13H21F3N4O. The first kappa shape index (κ1) is 17.5. The van der Waals surface area contributed by atoms with Crippen molar-refractivity contribution < 1.29 is 18.3 Å². The molecule has 21 heavy (non-hydrogen) atoms. The average molecular weight is 306 g/mol. The zero-order valence-corrected chi connectivity index (χ0v) is 12.4. The Bertz CT molecular complexity index is 463. The van der Waals surface area contributed by atoms with Crippen molar-refractivity contribution in [2.45, 2.75) is 45.4 Å². The molecule has 0 radical (unpaired) electrons. The van der Waals surface area contributed by atoms with Crippen LogP contribution < -0.4 is 10.6 Å². The molecule has 0 aliphatic rings. The Morgan fingerprint density at radius 2 is 1.71 bits per heavy atom. The molecule has 5 nitrogen and oxygen atoms in total. The number of hydrogen-bond acceptors (Lipinski definition) is 5. The minimum atomic E-state index is -4.62. The Morgan fingerprint density at radius 3 is 2.19 bits per heavy atom. The monoisotopic (exact) mass is 306 g/mol. The third kappa shape index (κ3) is 5.74. The minimum absolute atomic E-state index is 0.0321. The smallest absolute Gasteiger partial charge is 0.388 e. The first-order chi connectivity index (χ1) is 9.68. The van der Waals surface area contributed by atoms with Gasteiger partial charge in [-0.2, -0.15) is 13.2 Å². The standard InChI is InChI=1S/C13H21F3N4O/c1-4-6-12(3,21)8-18-10-7-9(17-5-2)19-11(20-10)13(14,15)16/h7,21H,4-6,8H2,1-3H3,(H2,17,18,19,20). The van der Waals surface area contributed by atoms with Crippen molar-refractivity contribution in [1.29, 1.82) is 0 Å². The lowest BCUT2D eigenvalue weighted by atomic mass is 10.0. The predicted octanol–water partition coefficient (Wildman–Crippen LogP) is 2.89. The summed E-state index contributed by atoms with van der Waals surface area (Å²) in [5.41, 5.74) is -1.00.